The molecule has 2 aromatic carbocycles. The average Bonchev–Trinajstić information content (AvgIpc) is 2.80. The van der Waals surface area contributed by atoms with Crippen molar-refractivity contribution >= 4 is 5.78 Å². The number of aryl methyl sites for hydroxylation is 1. The summed E-state index contributed by atoms with van der Waals surface area (Å²) in [5, 5.41) is 0. The van der Waals surface area contributed by atoms with E-state index in [9.17, 15) is 18.8 Å². The summed E-state index contributed by atoms with van der Waals surface area (Å²) >= 11 is 0. The van der Waals surface area contributed by atoms with Gasteiger partial charge in [0, 0.05) is 30.3 Å². The van der Waals surface area contributed by atoms with Gasteiger partial charge in [-0.1, -0.05) is 30.3 Å². The Bertz CT molecular complexity index is 1210. The highest BCUT2D eigenvalue weighted by molar-refractivity contribution is 5.97. The van der Waals surface area contributed by atoms with Gasteiger partial charge in [-0.3, -0.25) is 14.2 Å². The fourth-order valence-corrected chi connectivity index (χ4v) is 4.34. The zero-order valence-electron chi connectivity index (χ0n) is 18.0. The molecule has 1 fully saturated rings. The number of hydrogen-bond acceptors (Lipinski definition) is 4. The normalized spacial score (nSPS) is 15.1. The summed E-state index contributed by atoms with van der Waals surface area (Å²) < 4.78 is 14.4. The number of likely N-dealkylation sites (tertiary alicyclic amines) is 1. The highest BCUT2D eigenvalue weighted by atomic mass is 19.1. The van der Waals surface area contributed by atoms with Crippen molar-refractivity contribution in [1.82, 2.24) is 14.5 Å². The van der Waals surface area contributed by atoms with Gasteiger partial charge in [0.05, 0.1) is 5.56 Å². The number of aromatic nitrogens is 2. The first kappa shape index (κ1) is 21.9. The van der Waals surface area contributed by atoms with Crippen molar-refractivity contribution in [3.8, 4) is 11.1 Å². The minimum Gasteiger partial charge on any atom is -0.311 e. The van der Waals surface area contributed by atoms with Gasteiger partial charge < -0.3 is 9.88 Å². The van der Waals surface area contributed by atoms with Crippen LogP contribution in [0.25, 0.3) is 11.1 Å². The van der Waals surface area contributed by atoms with E-state index < -0.39 is 5.69 Å². The lowest BCUT2D eigenvalue weighted by molar-refractivity contribution is 0.0837. The van der Waals surface area contributed by atoms with Crippen LogP contribution in [0.1, 0.15) is 28.9 Å². The standard InChI is InChI=1S/C25H26FN3O3/c1-17-22(18-5-3-2-4-6-18)24(31)29(25(32)27-17)16-15-28-13-11-20(12-14-28)23(30)19-7-9-21(26)10-8-19/h2-10,20H,11-16H2,1H3,(H,27,32). The highest BCUT2D eigenvalue weighted by Gasteiger charge is 2.26. The molecule has 7 heteroatoms. The van der Waals surface area contributed by atoms with Crippen LogP contribution in [0.2, 0.25) is 0 Å². The third kappa shape index (κ3) is 4.62. The molecule has 1 N–H and O–H groups in total. The summed E-state index contributed by atoms with van der Waals surface area (Å²) in [5.74, 6) is -0.400. The number of nitrogens with one attached hydrogen (secondary N) is 1. The van der Waals surface area contributed by atoms with Crippen LogP contribution in [-0.4, -0.2) is 39.9 Å². The predicted octanol–water partition coefficient (Wildman–Crippen LogP) is 3.25. The molecule has 6 nitrogen and oxygen atoms in total. The van der Waals surface area contributed by atoms with Crippen LogP contribution in [0.5, 0.6) is 0 Å². The predicted molar refractivity (Wildman–Crippen MR) is 121 cm³/mol. The molecule has 4 rings (SSSR count). The highest BCUT2D eigenvalue weighted by Crippen LogP contribution is 2.22. The van der Waals surface area contributed by atoms with Crippen LogP contribution in [0.3, 0.4) is 0 Å². The molecular formula is C25H26FN3O3. The van der Waals surface area contributed by atoms with Gasteiger partial charge in [0.2, 0.25) is 0 Å². The lowest BCUT2D eigenvalue weighted by Crippen LogP contribution is -2.43. The Morgan fingerprint density at radius 1 is 1.00 bits per heavy atom. The van der Waals surface area contributed by atoms with Gasteiger partial charge >= 0.3 is 5.69 Å². The van der Waals surface area contributed by atoms with E-state index in [-0.39, 0.29) is 29.6 Å². The minimum absolute atomic E-state index is 0.0448. The molecule has 1 aromatic heterocycles. The number of H-pyrrole nitrogens is 1. The second-order valence-corrected chi connectivity index (χ2v) is 8.24. The Morgan fingerprint density at radius 2 is 1.66 bits per heavy atom. The lowest BCUT2D eigenvalue weighted by Gasteiger charge is -2.31. The number of piperidine rings is 1. The molecule has 0 spiro atoms. The molecule has 0 amide bonds. The fourth-order valence-electron chi connectivity index (χ4n) is 4.34. The SMILES string of the molecule is Cc1[nH]c(=O)n(CCN2CCC(C(=O)c3ccc(F)cc3)CC2)c(=O)c1-c1ccccc1. The molecule has 1 aliphatic heterocycles. The van der Waals surface area contributed by atoms with E-state index in [0.717, 1.165) is 5.56 Å². The zero-order chi connectivity index (χ0) is 22.7. The zero-order valence-corrected chi connectivity index (χ0v) is 18.0. The number of halogens is 1. The number of rotatable bonds is 6. The topological polar surface area (TPSA) is 75.2 Å². The first-order valence-electron chi connectivity index (χ1n) is 10.9. The third-order valence-electron chi connectivity index (χ3n) is 6.16. The molecular weight excluding hydrogens is 409 g/mol. The summed E-state index contributed by atoms with van der Waals surface area (Å²) in [4.78, 5) is 43.1. The van der Waals surface area contributed by atoms with E-state index >= 15 is 0 Å². The second kappa shape index (κ2) is 9.44. The van der Waals surface area contributed by atoms with E-state index in [4.69, 9.17) is 0 Å². The smallest absolute Gasteiger partial charge is 0.311 e. The van der Waals surface area contributed by atoms with Gasteiger partial charge in [-0.15, -0.1) is 0 Å². The van der Waals surface area contributed by atoms with Crippen LogP contribution in [-0.2, 0) is 6.54 Å². The van der Waals surface area contributed by atoms with Crippen LogP contribution < -0.4 is 11.2 Å². The summed E-state index contributed by atoms with van der Waals surface area (Å²) in [6.07, 6.45) is 1.40. The Labute approximate surface area is 185 Å². The van der Waals surface area contributed by atoms with Crippen molar-refractivity contribution < 1.29 is 9.18 Å². The van der Waals surface area contributed by atoms with Crippen molar-refractivity contribution in [1.29, 1.82) is 0 Å². The third-order valence-corrected chi connectivity index (χ3v) is 6.16. The maximum atomic E-state index is 13.1. The number of Topliss-reactive ketones (excluding diaryl/α,β-unsaturated/α-hetero) is 1. The van der Waals surface area contributed by atoms with E-state index in [1.54, 1.807) is 6.92 Å². The van der Waals surface area contributed by atoms with E-state index in [1.165, 1.54) is 28.8 Å². The molecule has 1 saturated heterocycles. The van der Waals surface area contributed by atoms with E-state index in [2.05, 4.69) is 9.88 Å². The van der Waals surface area contributed by atoms with Crippen LogP contribution in [0, 0.1) is 18.7 Å². The molecule has 1 aliphatic rings. The van der Waals surface area contributed by atoms with Gasteiger partial charge in [-0.2, -0.15) is 0 Å². The average molecular weight is 435 g/mol. The molecule has 2 heterocycles. The Kier molecular flexibility index (Phi) is 6.46. The summed E-state index contributed by atoms with van der Waals surface area (Å²) in [6.45, 7) is 3.99. The van der Waals surface area contributed by atoms with E-state index in [0.29, 0.717) is 49.3 Å². The Balaban J connectivity index is 1.41. The molecule has 0 bridgehead atoms. The number of benzene rings is 2. The van der Waals surface area contributed by atoms with Gasteiger partial charge in [0.15, 0.2) is 5.78 Å². The first-order chi connectivity index (χ1) is 15.4. The second-order valence-electron chi connectivity index (χ2n) is 8.24. The van der Waals surface area contributed by atoms with Crippen molar-refractivity contribution in [2.24, 2.45) is 5.92 Å². The number of nitrogens with zero attached hydrogens (tertiary/aromatic N) is 2. The fraction of sp³-hybridized carbons (Fsp3) is 0.320. The van der Waals surface area contributed by atoms with Gasteiger partial charge in [-0.05, 0) is 62.7 Å². The molecule has 0 unspecified atom stereocenters. The molecule has 166 valence electrons. The number of aromatic amines is 1. The maximum Gasteiger partial charge on any atom is 0.328 e. The van der Waals surface area contributed by atoms with Crippen LogP contribution >= 0.6 is 0 Å². The summed E-state index contributed by atoms with van der Waals surface area (Å²) in [6, 6.07) is 15.0. The number of carbonyl (C=O) groups excluding carboxylic acids is 1. The van der Waals surface area contributed by atoms with Gasteiger partial charge in [-0.25, -0.2) is 9.18 Å². The molecule has 0 radical (unpaired) electrons. The lowest BCUT2D eigenvalue weighted by atomic mass is 9.89. The maximum absolute atomic E-state index is 13.1. The quantitative estimate of drug-likeness (QED) is 0.603. The van der Waals surface area contributed by atoms with Crippen LogP contribution in [0.15, 0.2) is 64.2 Å². The molecule has 0 atom stereocenters. The van der Waals surface area contributed by atoms with Gasteiger partial charge in [0.25, 0.3) is 5.56 Å². The van der Waals surface area contributed by atoms with Crippen molar-refractivity contribution in [2.45, 2.75) is 26.3 Å². The number of carbonyl (C=O) groups is 1. The Morgan fingerprint density at radius 3 is 2.31 bits per heavy atom. The summed E-state index contributed by atoms with van der Waals surface area (Å²) in [7, 11) is 0. The first-order valence-corrected chi connectivity index (χ1v) is 10.9. The van der Waals surface area contributed by atoms with E-state index in [1.807, 2.05) is 30.3 Å². The molecule has 0 aliphatic carbocycles. The molecule has 0 saturated carbocycles. The summed E-state index contributed by atoms with van der Waals surface area (Å²) in [5.41, 5.74) is 1.68. The van der Waals surface area contributed by atoms with Crippen molar-refractivity contribution in [3.63, 3.8) is 0 Å². The largest absolute Gasteiger partial charge is 0.328 e. The molecule has 32 heavy (non-hydrogen) atoms. The Hall–Kier alpha value is -3.32. The number of hydrogen-bond donors (Lipinski definition) is 1. The van der Waals surface area contributed by atoms with Crippen LogP contribution in [0.4, 0.5) is 4.39 Å². The van der Waals surface area contributed by atoms with Gasteiger partial charge in [0.1, 0.15) is 5.82 Å². The molecule has 3 aromatic rings. The van der Waals surface area contributed by atoms with Crippen molar-refractivity contribution in [3.05, 3.63) is 92.5 Å². The number of ketones is 1. The van der Waals surface area contributed by atoms with Crippen molar-refractivity contribution in [2.75, 3.05) is 19.6 Å². The minimum atomic E-state index is -0.409. The monoisotopic (exact) mass is 435 g/mol.